The molecule has 5 aromatic rings. The van der Waals surface area contributed by atoms with Gasteiger partial charge in [0.2, 0.25) is 9.84 Å². The van der Waals surface area contributed by atoms with Gasteiger partial charge in [0.05, 0.1) is 16.3 Å². The van der Waals surface area contributed by atoms with Gasteiger partial charge in [-0.15, -0.1) is 0 Å². The van der Waals surface area contributed by atoms with Crippen molar-refractivity contribution in [2.45, 2.75) is 16.3 Å². The molecule has 0 saturated heterocycles. The zero-order valence-electron chi connectivity index (χ0n) is 16.9. The Balaban J connectivity index is 1.53. The summed E-state index contributed by atoms with van der Waals surface area (Å²) in [7, 11) is -3.73. The first-order chi connectivity index (χ1) is 15.5. The molecule has 0 aliphatic rings. The van der Waals surface area contributed by atoms with Crippen LogP contribution >= 0.6 is 0 Å². The third-order valence-electron chi connectivity index (χ3n) is 5.36. The second-order valence-electron chi connectivity index (χ2n) is 7.43. The quantitative estimate of drug-likeness (QED) is 0.378. The highest BCUT2D eigenvalue weighted by atomic mass is 32.2. The van der Waals surface area contributed by atoms with E-state index >= 15 is 0 Å². The number of nitrogens with zero attached hydrogens (tertiary/aromatic N) is 3. The molecule has 0 radical (unpaired) electrons. The number of hydrogen-bond donors (Lipinski definition) is 0. The smallest absolute Gasteiger partial charge is 0.206 e. The van der Waals surface area contributed by atoms with Crippen molar-refractivity contribution in [2.24, 2.45) is 0 Å². The molecule has 0 unspecified atom stereocenters. The van der Waals surface area contributed by atoms with E-state index in [1.54, 1.807) is 59.5 Å². The summed E-state index contributed by atoms with van der Waals surface area (Å²) in [5, 5.41) is 5.79. The lowest BCUT2D eigenvalue weighted by Gasteiger charge is -2.12. The highest BCUT2D eigenvalue weighted by molar-refractivity contribution is 7.91. The van der Waals surface area contributed by atoms with Crippen molar-refractivity contribution in [1.82, 2.24) is 14.8 Å². The van der Waals surface area contributed by atoms with Gasteiger partial charge in [0, 0.05) is 0 Å². The summed E-state index contributed by atoms with van der Waals surface area (Å²) in [5.74, 6) is -0.284. The van der Waals surface area contributed by atoms with Gasteiger partial charge in [-0.1, -0.05) is 48.5 Å². The minimum Gasteiger partial charge on any atom is -0.249 e. The zero-order valence-corrected chi connectivity index (χ0v) is 17.7. The molecule has 0 aliphatic carbocycles. The maximum Gasteiger partial charge on any atom is 0.206 e. The molecule has 0 bridgehead atoms. The maximum absolute atomic E-state index is 13.5. The molecule has 0 atom stereocenters. The van der Waals surface area contributed by atoms with E-state index in [1.165, 1.54) is 18.5 Å². The van der Waals surface area contributed by atoms with E-state index < -0.39 is 9.84 Å². The largest absolute Gasteiger partial charge is 0.249 e. The number of sulfone groups is 1. The standard InChI is InChI=1S/C25H18FN3O2S/c26-23-10-7-18(8-11-23)19-5-6-21-14-24(12-9-20(21)13-19)32(30,31)25-4-2-1-3-22(25)15-29-17-27-16-28-29/h1-14,16-17H,15H2. The third kappa shape index (κ3) is 3.78. The number of aromatic nitrogens is 3. The van der Waals surface area contributed by atoms with Crippen molar-refractivity contribution in [2.75, 3.05) is 0 Å². The molecule has 5 nitrogen and oxygen atoms in total. The average Bonchev–Trinajstić information content (AvgIpc) is 3.32. The summed E-state index contributed by atoms with van der Waals surface area (Å²) in [6.07, 6.45) is 2.97. The lowest BCUT2D eigenvalue weighted by Crippen LogP contribution is -2.09. The molecule has 0 N–H and O–H groups in total. The van der Waals surface area contributed by atoms with Crippen LogP contribution in [0.3, 0.4) is 0 Å². The molecular formula is C25H18FN3O2S. The number of fused-ring (bicyclic) bond motifs is 1. The van der Waals surface area contributed by atoms with Crippen molar-refractivity contribution in [3.63, 3.8) is 0 Å². The predicted molar refractivity (Wildman–Crippen MR) is 120 cm³/mol. The average molecular weight is 444 g/mol. The van der Waals surface area contributed by atoms with Gasteiger partial charge in [-0.2, -0.15) is 5.10 Å². The second-order valence-corrected chi connectivity index (χ2v) is 9.35. The third-order valence-corrected chi connectivity index (χ3v) is 7.21. The van der Waals surface area contributed by atoms with Gasteiger partial charge in [-0.05, 0) is 63.9 Å². The van der Waals surface area contributed by atoms with Crippen LogP contribution in [-0.4, -0.2) is 23.2 Å². The lowest BCUT2D eigenvalue weighted by atomic mass is 10.0. The number of hydrogen-bond acceptors (Lipinski definition) is 4. The molecule has 7 heteroatoms. The van der Waals surface area contributed by atoms with Crippen LogP contribution < -0.4 is 0 Å². The van der Waals surface area contributed by atoms with Gasteiger partial charge in [0.25, 0.3) is 0 Å². The molecule has 0 fully saturated rings. The topological polar surface area (TPSA) is 64.8 Å². The molecule has 0 amide bonds. The Kier molecular flexibility index (Phi) is 5.03. The van der Waals surface area contributed by atoms with E-state index in [-0.39, 0.29) is 15.6 Å². The summed E-state index contributed by atoms with van der Waals surface area (Å²) in [6.45, 7) is 0.310. The van der Waals surface area contributed by atoms with Crippen LogP contribution in [-0.2, 0) is 16.4 Å². The van der Waals surface area contributed by atoms with Crippen molar-refractivity contribution >= 4 is 20.6 Å². The highest BCUT2D eigenvalue weighted by Gasteiger charge is 2.21. The fraction of sp³-hybridized carbons (Fsp3) is 0.0400. The monoisotopic (exact) mass is 443 g/mol. The lowest BCUT2D eigenvalue weighted by molar-refractivity contribution is 0.592. The molecule has 1 aromatic heterocycles. The summed E-state index contributed by atoms with van der Waals surface area (Å²) >= 11 is 0. The Morgan fingerprint density at radius 1 is 0.812 bits per heavy atom. The number of benzene rings is 4. The molecule has 32 heavy (non-hydrogen) atoms. The van der Waals surface area contributed by atoms with Gasteiger partial charge in [-0.25, -0.2) is 22.5 Å². The minimum atomic E-state index is -3.73. The Bertz CT molecular complexity index is 1510. The van der Waals surface area contributed by atoms with Crippen LogP contribution in [0.15, 0.2) is 107 Å². The van der Waals surface area contributed by atoms with Gasteiger partial charge >= 0.3 is 0 Å². The minimum absolute atomic E-state index is 0.227. The summed E-state index contributed by atoms with van der Waals surface area (Å²) in [6, 6.07) is 24.1. The Hall–Kier alpha value is -3.84. The molecule has 4 aromatic carbocycles. The maximum atomic E-state index is 13.5. The van der Waals surface area contributed by atoms with Crippen LogP contribution in [0.1, 0.15) is 5.56 Å². The Labute approximate surface area is 184 Å². The zero-order chi connectivity index (χ0) is 22.1. The van der Waals surface area contributed by atoms with E-state index in [0.717, 1.165) is 21.9 Å². The molecule has 158 valence electrons. The second kappa shape index (κ2) is 8.01. The van der Waals surface area contributed by atoms with Gasteiger partial charge in [-0.3, -0.25) is 0 Å². The first-order valence-electron chi connectivity index (χ1n) is 9.96. The van der Waals surface area contributed by atoms with E-state index in [2.05, 4.69) is 10.1 Å². The summed E-state index contributed by atoms with van der Waals surface area (Å²) in [4.78, 5) is 4.39. The number of rotatable bonds is 5. The van der Waals surface area contributed by atoms with Crippen molar-refractivity contribution in [3.8, 4) is 11.1 Å². The van der Waals surface area contributed by atoms with Gasteiger partial charge in [0.15, 0.2) is 0 Å². The Morgan fingerprint density at radius 2 is 1.53 bits per heavy atom. The first kappa shape index (κ1) is 20.1. The molecule has 0 aliphatic heterocycles. The fourth-order valence-electron chi connectivity index (χ4n) is 3.73. The van der Waals surface area contributed by atoms with E-state index in [1.807, 2.05) is 24.3 Å². The van der Waals surface area contributed by atoms with Gasteiger partial charge in [0.1, 0.15) is 18.5 Å². The summed E-state index contributed by atoms with van der Waals surface area (Å²) in [5.41, 5.74) is 2.48. The molecule has 0 spiro atoms. The predicted octanol–water partition coefficient (Wildman–Crippen LogP) is 5.12. The Morgan fingerprint density at radius 3 is 2.31 bits per heavy atom. The number of halogens is 1. The van der Waals surface area contributed by atoms with E-state index in [4.69, 9.17) is 0 Å². The molecule has 5 rings (SSSR count). The normalized spacial score (nSPS) is 11.7. The molecule has 1 heterocycles. The first-order valence-corrected chi connectivity index (χ1v) is 11.4. The van der Waals surface area contributed by atoms with Crippen LogP contribution in [0.25, 0.3) is 21.9 Å². The summed E-state index contributed by atoms with van der Waals surface area (Å²) < 4.78 is 41.7. The van der Waals surface area contributed by atoms with Crippen LogP contribution in [0.5, 0.6) is 0 Å². The molecule has 0 saturated carbocycles. The van der Waals surface area contributed by atoms with Crippen LogP contribution in [0.4, 0.5) is 4.39 Å². The van der Waals surface area contributed by atoms with Crippen molar-refractivity contribution in [3.05, 3.63) is 109 Å². The van der Waals surface area contributed by atoms with Crippen molar-refractivity contribution in [1.29, 1.82) is 0 Å². The van der Waals surface area contributed by atoms with Crippen LogP contribution in [0.2, 0.25) is 0 Å². The molecular weight excluding hydrogens is 425 g/mol. The van der Waals surface area contributed by atoms with E-state index in [0.29, 0.717) is 12.1 Å². The fourth-order valence-corrected chi connectivity index (χ4v) is 5.24. The van der Waals surface area contributed by atoms with Crippen LogP contribution in [0, 0.1) is 5.82 Å². The van der Waals surface area contributed by atoms with Crippen molar-refractivity contribution < 1.29 is 12.8 Å². The SMILES string of the molecule is O=S(=O)(c1ccc2cc(-c3ccc(F)cc3)ccc2c1)c1ccccc1Cn1cncn1. The van der Waals surface area contributed by atoms with E-state index in [9.17, 15) is 12.8 Å². The van der Waals surface area contributed by atoms with Gasteiger partial charge < -0.3 is 0 Å². The highest BCUT2D eigenvalue weighted by Crippen LogP contribution is 2.30.